The first kappa shape index (κ1) is 23.0. The molecule has 0 radical (unpaired) electrons. The van der Waals surface area contributed by atoms with Gasteiger partial charge in [-0.1, -0.05) is 11.6 Å². The van der Waals surface area contributed by atoms with E-state index in [1.807, 2.05) is 20.8 Å². The van der Waals surface area contributed by atoms with E-state index in [1.54, 1.807) is 18.5 Å². The van der Waals surface area contributed by atoms with E-state index in [9.17, 15) is 13.0 Å². The number of ether oxygens (including phenoxy) is 1. The Bertz CT molecular complexity index is 1080. The molecule has 0 unspecified atom stereocenters. The summed E-state index contributed by atoms with van der Waals surface area (Å²) in [5.74, 6) is 0.809. The highest BCUT2D eigenvalue weighted by Gasteiger charge is 2.40. The van der Waals surface area contributed by atoms with E-state index in [2.05, 4.69) is 14.7 Å². The molecule has 1 N–H and O–H groups in total. The van der Waals surface area contributed by atoms with Crippen molar-refractivity contribution in [3.8, 4) is 5.88 Å². The van der Waals surface area contributed by atoms with Crippen molar-refractivity contribution in [2.45, 2.75) is 68.6 Å². The summed E-state index contributed by atoms with van der Waals surface area (Å²) in [4.78, 5) is 8.76. The molecular formula is C21H28ClN3O4S2. The SMILES string of the molecule is CC(C)(C)[S@+]([O-])N[C@H](c1cnc(OC2CC(S(C)(=O)=O)C2)c2cnc(Cl)cc12)C1CC1. The van der Waals surface area contributed by atoms with Crippen LogP contribution in [0.25, 0.3) is 10.8 Å². The van der Waals surface area contributed by atoms with Crippen LogP contribution in [0.2, 0.25) is 5.15 Å². The highest BCUT2D eigenvalue weighted by molar-refractivity contribution is 7.91. The first-order valence-corrected chi connectivity index (χ1v) is 13.9. The number of pyridine rings is 2. The van der Waals surface area contributed by atoms with Gasteiger partial charge in [0.2, 0.25) is 5.88 Å². The number of rotatable bonds is 7. The molecule has 2 aliphatic carbocycles. The molecule has 2 saturated carbocycles. The van der Waals surface area contributed by atoms with Crippen molar-refractivity contribution >= 4 is 43.6 Å². The van der Waals surface area contributed by atoms with Gasteiger partial charge in [-0.25, -0.2) is 18.4 Å². The highest BCUT2D eigenvalue weighted by Crippen LogP contribution is 2.45. The third kappa shape index (κ3) is 5.11. The smallest absolute Gasteiger partial charge is 0.223 e. The normalized spacial score (nSPS) is 23.9. The molecule has 170 valence electrons. The lowest BCUT2D eigenvalue weighted by Crippen LogP contribution is -2.42. The van der Waals surface area contributed by atoms with Crippen molar-refractivity contribution in [3.05, 3.63) is 29.2 Å². The van der Waals surface area contributed by atoms with Gasteiger partial charge in [0.15, 0.2) is 9.84 Å². The van der Waals surface area contributed by atoms with E-state index >= 15 is 0 Å². The molecule has 0 amide bonds. The van der Waals surface area contributed by atoms with Crippen LogP contribution in [0, 0.1) is 5.92 Å². The van der Waals surface area contributed by atoms with E-state index in [4.69, 9.17) is 16.3 Å². The summed E-state index contributed by atoms with van der Waals surface area (Å²) in [7, 11) is -3.05. The van der Waals surface area contributed by atoms with Gasteiger partial charge in [-0.15, -0.1) is 4.72 Å². The molecule has 0 bridgehead atoms. The molecule has 31 heavy (non-hydrogen) atoms. The number of hydrogen-bond donors (Lipinski definition) is 1. The Hall–Kier alpha value is -1.13. The fourth-order valence-corrected chi connectivity index (χ4v) is 5.89. The summed E-state index contributed by atoms with van der Waals surface area (Å²) in [5.41, 5.74) is 0.925. The van der Waals surface area contributed by atoms with Gasteiger partial charge in [0.25, 0.3) is 0 Å². The number of hydrogen-bond acceptors (Lipinski definition) is 7. The summed E-state index contributed by atoms with van der Waals surface area (Å²) >= 11 is 4.98. The number of nitrogens with zero attached hydrogens (tertiary/aromatic N) is 2. The minimum atomic E-state index is -3.05. The van der Waals surface area contributed by atoms with E-state index in [1.165, 1.54) is 6.26 Å². The number of nitrogens with one attached hydrogen (secondary N) is 1. The molecule has 0 aromatic carbocycles. The molecule has 7 nitrogen and oxygen atoms in total. The number of halogens is 1. The van der Waals surface area contributed by atoms with Gasteiger partial charge in [0.1, 0.15) is 16.0 Å². The molecule has 2 fully saturated rings. The Balaban J connectivity index is 1.64. The van der Waals surface area contributed by atoms with Gasteiger partial charge < -0.3 is 9.29 Å². The second kappa shape index (κ2) is 8.33. The molecule has 2 aromatic rings. The van der Waals surface area contributed by atoms with E-state index in [0.29, 0.717) is 29.8 Å². The highest BCUT2D eigenvalue weighted by atomic mass is 35.5. The number of fused-ring (bicyclic) bond motifs is 1. The lowest BCUT2D eigenvalue weighted by molar-refractivity contribution is 0.119. The monoisotopic (exact) mass is 485 g/mol. The van der Waals surface area contributed by atoms with Crippen LogP contribution >= 0.6 is 11.6 Å². The van der Waals surface area contributed by atoms with Gasteiger partial charge in [-0.3, -0.25) is 0 Å². The van der Waals surface area contributed by atoms with E-state index in [0.717, 1.165) is 29.2 Å². The second-order valence-corrected chi connectivity index (χ2v) is 14.3. The van der Waals surface area contributed by atoms with Crippen LogP contribution in [0.3, 0.4) is 0 Å². The Morgan fingerprint density at radius 2 is 1.90 bits per heavy atom. The third-order valence-electron chi connectivity index (χ3n) is 5.89. The van der Waals surface area contributed by atoms with Crippen LogP contribution in [-0.2, 0) is 21.2 Å². The molecule has 10 heteroatoms. The molecule has 2 aromatic heterocycles. The minimum absolute atomic E-state index is 0.110. The Labute approximate surface area is 191 Å². The summed E-state index contributed by atoms with van der Waals surface area (Å²) < 4.78 is 45.1. The summed E-state index contributed by atoms with van der Waals surface area (Å²) in [6, 6.07) is 1.68. The first-order chi connectivity index (χ1) is 14.4. The maximum atomic E-state index is 12.8. The molecular weight excluding hydrogens is 458 g/mol. The average molecular weight is 486 g/mol. The van der Waals surface area contributed by atoms with Crippen molar-refractivity contribution in [1.29, 1.82) is 0 Å². The summed E-state index contributed by atoms with van der Waals surface area (Å²) in [6.07, 6.45) is 7.51. The first-order valence-electron chi connectivity index (χ1n) is 10.4. The van der Waals surface area contributed by atoms with Crippen molar-refractivity contribution in [2.24, 2.45) is 5.92 Å². The van der Waals surface area contributed by atoms with Crippen LogP contribution in [0.4, 0.5) is 0 Å². The summed E-state index contributed by atoms with van der Waals surface area (Å²) in [6.45, 7) is 5.82. The Morgan fingerprint density at radius 3 is 2.48 bits per heavy atom. The van der Waals surface area contributed by atoms with Gasteiger partial charge >= 0.3 is 0 Å². The predicted octanol–water partition coefficient (Wildman–Crippen LogP) is 3.74. The maximum Gasteiger partial charge on any atom is 0.223 e. The molecule has 2 heterocycles. The predicted molar refractivity (Wildman–Crippen MR) is 123 cm³/mol. The van der Waals surface area contributed by atoms with Crippen molar-refractivity contribution in [3.63, 3.8) is 0 Å². The Morgan fingerprint density at radius 1 is 1.23 bits per heavy atom. The zero-order valence-electron chi connectivity index (χ0n) is 18.1. The van der Waals surface area contributed by atoms with Crippen LogP contribution in [-0.4, -0.2) is 45.3 Å². The lowest BCUT2D eigenvalue weighted by atomic mass is 9.95. The topological polar surface area (TPSA) is 104 Å². The fourth-order valence-electron chi connectivity index (χ4n) is 3.70. The zero-order valence-corrected chi connectivity index (χ0v) is 20.5. The molecule has 4 rings (SSSR count). The fraction of sp³-hybridized carbons (Fsp3) is 0.619. The van der Waals surface area contributed by atoms with Gasteiger partial charge in [0, 0.05) is 48.4 Å². The quantitative estimate of drug-likeness (QED) is 0.470. The molecule has 0 spiro atoms. The zero-order chi connectivity index (χ0) is 22.6. The van der Waals surface area contributed by atoms with Gasteiger partial charge in [-0.05, 0) is 51.0 Å². The van der Waals surface area contributed by atoms with Crippen molar-refractivity contribution in [2.75, 3.05) is 6.26 Å². The molecule has 2 aliphatic rings. The van der Waals surface area contributed by atoms with Gasteiger partial charge in [-0.2, -0.15) is 0 Å². The summed E-state index contributed by atoms with van der Waals surface area (Å²) in [5, 5.41) is 1.59. The standard InChI is InChI=1S/C21H28ClN3O4S2/c1-21(2,3)30(26)25-19(12-5-6-12)16-10-24-20(17-11-23-18(22)9-15(16)17)29-13-7-14(8-13)31(4,27)28/h9-14,19,25H,5-8H2,1-4H3/t13?,14?,19-,30-/m0/s1. The van der Waals surface area contributed by atoms with Crippen LogP contribution in [0.1, 0.15) is 58.1 Å². The second-order valence-electron chi connectivity index (χ2n) is 9.55. The van der Waals surface area contributed by atoms with Gasteiger partial charge in [0.05, 0.1) is 16.7 Å². The molecule has 0 aliphatic heterocycles. The van der Waals surface area contributed by atoms with Crippen LogP contribution in [0.15, 0.2) is 18.5 Å². The van der Waals surface area contributed by atoms with E-state index < -0.39 is 21.2 Å². The Kier molecular flexibility index (Phi) is 6.20. The van der Waals surface area contributed by atoms with E-state index in [-0.39, 0.29) is 22.1 Å². The van der Waals surface area contributed by atoms with Crippen LogP contribution < -0.4 is 9.46 Å². The third-order valence-corrected chi connectivity index (χ3v) is 9.27. The van der Waals surface area contributed by atoms with Crippen molar-refractivity contribution in [1.82, 2.24) is 14.7 Å². The minimum Gasteiger partial charge on any atom is -0.598 e. The lowest BCUT2D eigenvalue weighted by Gasteiger charge is -2.34. The van der Waals surface area contributed by atoms with Crippen LogP contribution in [0.5, 0.6) is 5.88 Å². The maximum absolute atomic E-state index is 12.8. The van der Waals surface area contributed by atoms with Crippen molar-refractivity contribution < 1.29 is 17.7 Å². The number of sulfone groups is 1. The molecule has 0 saturated heterocycles. The largest absolute Gasteiger partial charge is 0.598 e. The average Bonchev–Trinajstić information content (AvgIpc) is 3.45. The molecule has 2 atom stereocenters. The number of aromatic nitrogens is 2.